The van der Waals surface area contributed by atoms with E-state index in [-0.39, 0.29) is 30.0 Å². The van der Waals surface area contributed by atoms with E-state index in [9.17, 15) is 9.59 Å². The van der Waals surface area contributed by atoms with Gasteiger partial charge < -0.3 is 14.9 Å². The second-order valence-corrected chi connectivity index (χ2v) is 9.28. The topological polar surface area (TPSA) is 66.9 Å². The predicted molar refractivity (Wildman–Crippen MR) is 126 cm³/mol. The van der Waals surface area contributed by atoms with Crippen molar-refractivity contribution < 1.29 is 4.79 Å². The van der Waals surface area contributed by atoms with Crippen LogP contribution in [0.4, 0.5) is 0 Å². The van der Waals surface area contributed by atoms with Crippen molar-refractivity contribution in [3.8, 4) is 0 Å². The van der Waals surface area contributed by atoms with Gasteiger partial charge in [-0.3, -0.25) is 9.59 Å². The molecule has 1 amide bonds. The normalized spacial score (nSPS) is 12.5. The van der Waals surface area contributed by atoms with Crippen LogP contribution in [0.2, 0.25) is 0 Å². The fourth-order valence-corrected chi connectivity index (χ4v) is 4.45. The van der Waals surface area contributed by atoms with E-state index in [1.807, 2.05) is 32.0 Å². The third kappa shape index (κ3) is 4.24. The maximum Gasteiger partial charge on any atom is 0.253 e. The second kappa shape index (κ2) is 8.80. The van der Waals surface area contributed by atoms with Gasteiger partial charge >= 0.3 is 0 Å². The number of halogens is 1. The molecule has 0 saturated carbocycles. The molecule has 0 aliphatic rings. The minimum atomic E-state index is -0.180. The SMILES string of the molecule is CCC(C)c1cc(C)[nH]c(=O)c1CNC(=O)c1cc(Br)cc2c1c(C)cn2C(C)C. The summed E-state index contributed by atoms with van der Waals surface area (Å²) in [5.74, 6) is 0.0683. The third-order valence-corrected chi connectivity index (χ3v) is 6.22. The van der Waals surface area contributed by atoms with Crippen molar-refractivity contribution in [2.45, 2.75) is 66.5 Å². The number of aromatic nitrogens is 2. The van der Waals surface area contributed by atoms with Crippen molar-refractivity contribution in [3.63, 3.8) is 0 Å². The van der Waals surface area contributed by atoms with Crippen molar-refractivity contribution in [1.82, 2.24) is 14.9 Å². The largest absolute Gasteiger partial charge is 0.348 e. The summed E-state index contributed by atoms with van der Waals surface area (Å²) in [7, 11) is 0. The Labute approximate surface area is 186 Å². The number of H-pyrrole nitrogens is 1. The van der Waals surface area contributed by atoms with Gasteiger partial charge in [0, 0.05) is 39.9 Å². The molecule has 0 aliphatic carbocycles. The lowest BCUT2D eigenvalue weighted by Gasteiger charge is -2.16. The Bertz CT molecular complexity index is 1160. The summed E-state index contributed by atoms with van der Waals surface area (Å²) in [4.78, 5) is 28.7. The Morgan fingerprint density at radius 3 is 2.53 bits per heavy atom. The summed E-state index contributed by atoms with van der Waals surface area (Å²) in [6, 6.07) is 6.20. The van der Waals surface area contributed by atoms with E-state index in [1.54, 1.807) is 0 Å². The summed E-state index contributed by atoms with van der Waals surface area (Å²) in [6.45, 7) is 12.6. The van der Waals surface area contributed by atoms with Gasteiger partial charge in [0.1, 0.15) is 0 Å². The molecule has 0 bridgehead atoms. The van der Waals surface area contributed by atoms with Crippen molar-refractivity contribution in [1.29, 1.82) is 0 Å². The number of benzene rings is 1. The first-order chi connectivity index (χ1) is 14.1. The minimum Gasteiger partial charge on any atom is -0.348 e. The van der Waals surface area contributed by atoms with Crippen LogP contribution < -0.4 is 10.9 Å². The quantitative estimate of drug-likeness (QED) is 0.481. The molecule has 0 spiro atoms. The number of amides is 1. The molecule has 1 unspecified atom stereocenters. The maximum absolute atomic E-state index is 13.2. The van der Waals surface area contributed by atoms with Gasteiger partial charge in [0.2, 0.25) is 0 Å². The molecule has 1 aromatic carbocycles. The molecule has 2 heterocycles. The molecule has 3 rings (SSSR count). The number of carbonyl (C=O) groups excluding carboxylic acids is 1. The monoisotopic (exact) mass is 471 g/mol. The Balaban J connectivity index is 1.99. The smallest absolute Gasteiger partial charge is 0.253 e. The van der Waals surface area contributed by atoms with E-state index in [4.69, 9.17) is 0 Å². The van der Waals surface area contributed by atoms with Crippen LogP contribution in [0.3, 0.4) is 0 Å². The molecule has 6 heteroatoms. The third-order valence-electron chi connectivity index (χ3n) is 5.76. The van der Waals surface area contributed by atoms with Gasteiger partial charge in [-0.25, -0.2) is 0 Å². The summed E-state index contributed by atoms with van der Waals surface area (Å²) >= 11 is 3.55. The average molecular weight is 472 g/mol. The molecule has 0 saturated heterocycles. The Hall–Kier alpha value is -2.34. The van der Waals surface area contributed by atoms with Crippen LogP contribution in [0.1, 0.15) is 78.8 Å². The summed E-state index contributed by atoms with van der Waals surface area (Å²) in [5.41, 5.74) is 5.04. The van der Waals surface area contributed by atoms with Crippen LogP contribution in [0.5, 0.6) is 0 Å². The number of hydrogen-bond acceptors (Lipinski definition) is 2. The first-order valence-electron chi connectivity index (χ1n) is 10.5. The molecule has 0 aliphatic heterocycles. The lowest BCUT2D eigenvalue weighted by Crippen LogP contribution is -2.29. The number of hydrogen-bond donors (Lipinski definition) is 2. The van der Waals surface area contributed by atoms with Gasteiger partial charge in [-0.2, -0.15) is 0 Å². The van der Waals surface area contributed by atoms with E-state index in [0.29, 0.717) is 11.1 Å². The summed E-state index contributed by atoms with van der Waals surface area (Å²) < 4.78 is 3.03. The molecule has 2 N–H and O–H groups in total. The van der Waals surface area contributed by atoms with Gasteiger partial charge in [0.15, 0.2) is 0 Å². The van der Waals surface area contributed by atoms with Crippen LogP contribution in [0.25, 0.3) is 10.9 Å². The average Bonchev–Trinajstić information content (AvgIpc) is 3.01. The zero-order chi connectivity index (χ0) is 22.2. The number of fused-ring (bicyclic) bond motifs is 1. The van der Waals surface area contributed by atoms with Crippen LogP contribution in [0, 0.1) is 13.8 Å². The highest BCUT2D eigenvalue weighted by molar-refractivity contribution is 9.10. The predicted octanol–water partition coefficient (Wildman–Crippen LogP) is 5.73. The van der Waals surface area contributed by atoms with Gasteiger partial charge in [-0.05, 0) is 69.4 Å². The van der Waals surface area contributed by atoms with E-state index in [1.165, 1.54) is 0 Å². The van der Waals surface area contributed by atoms with Crippen LogP contribution in [-0.2, 0) is 6.54 Å². The first-order valence-corrected chi connectivity index (χ1v) is 11.2. The highest BCUT2D eigenvalue weighted by atomic mass is 79.9. The van der Waals surface area contributed by atoms with Crippen molar-refractivity contribution in [2.75, 3.05) is 0 Å². The number of nitrogens with one attached hydrogen (secondary N) is 2. The number of rotatable bonds is 6. The van der Waals surface area contributed by atoms with Crippen LogP contribution in [0.15, 0.2) is 33.7 Å². The Kier molecular flexibility index (Phi) is 6.56. The highest BCUT2D eigenvalue weighted by Gasteiger charge is 2.19. The Morgan fingerprint density at radius 2 is 1.90 bits per heavy atom. The summed E-state index contributed by atoms with van der Waals surface area (Å²) in [5, 5.41) is 3.94. The molecule has 1 atom stereocenters. The van der Waals surface area contributed by atoms with Crippen molar-refractivity contribution in [2.24, 2.45) is 0 Å². The Morgan fingerprint density at radius 1 is 1.20 bits per heavy atom. The molecule has 3 aromatic rings. The van der Waals surface area contributed by atoms with Gasteiger partial charge in [-0.15, -0.1) is 0 Å². The standard InChI is InChI=1S/C24H30BrN3O2/c1-7-14(4)18-8-16(6)27-24(30)20(18)11-26-23(29)19-9-17(25)10-21-22(19)15(5)12-28(21)13(2)3/h8-10,12-14H,7,11H2,1-6H3,(H,26,29)(H,27,30). The van der Waals surface area contributed by atoms with E-state index < -0.39 is 0 Å². The fourth-order valence-electron chi connectivity index (χ4n) is 4.01. The minimum absolute atomic E-state index is 0.132. The van der Waals surface area contributed by atoms with Gasteiger partial charge in [-0.1, -0.05) is 29.8 Å². The number of carbonyl (C=O) groups is 1. The molecular weight excluding hydrogens is 442 g/mol. The van der Waals surface area contributed by atoms with Crippen LogP contribution in [-0.4, -0.2) is 15.5 Å². The van der Waals surface area contributed by atoms with Crippen molar-refractivity contribution >= 4 is 32.7 Å². The molecule has 5 nitrogen and oxygen atoms in total. The molecule has 160 valence electrons. The number of nitrogens with zero attached hydrogens (tertiary/aromatic N) is 1. The maximum atomic E-state index is 13.2. The van der Waals surface area contributed by atoms with Crippen molar-refractivity contribution in [3.05, 3.63) is 67.2 Å². The first kappa shape index (κ1) is 22.3. The van der Waals surface area contributed by atoms with E-state index >= 15 is 0 Å². The zero-order valence-electron chi connectivity index (χ0n) is 18.5. The molecule has 0 radical (unpaired) electrons. The van der Waals surface area contributed by atoms with E-state index in [2.05, 4.69) is 64.7 Å². The number of pyridine rings is 1. The summed E-state index contributed by atoms with van der Waals surface area (Å²) in [6.07, 6.45) is 3.02. The number of aromatic amines is 1. The lowest BCUT2D eigenvalue weighted by molar-refractivity contribution is 0.0952. The molecular formula is C24H30BrN3O2. The van der Waals surface area contributed by atoms with Gasteiger partial charge in [0.05, 0.1) is 11.1 Å². The zero-order valence-corrected chi connectivity index (χ0v) is 20.1. The second-order valence-electron chi connectivity index (χ2n) is 8.37. The molecule has 2 aromatic heterocycles. The van der Waals surface area contributed by atoms with E-state index in [0.717, 1.165) is 38.6 Å². The number of aryl methyl sites for hydroxylation is 2. The molecule has 30 heavy (non-hydrogen) atoms. The highest BCUT2D eigenvalue weighted by Crippen LogP contribution is 2.31. The van der Waals surface area contributed by atoms with Crippen LogP contribution >= 0.6 is 15.9 Å². The fraction of sp³-hybridized carbons (Fsp3) is 0.417. The van der Waals surface area contributed by atoms with Gasteiger partial charge in [0.25, 0.3) is 11.5 Å². The molecule has 0 fully saturated rings. The lowest BCUT2D eigenvalue weighted by atomic mass is 9.94.